The molecule has 0 atom stereocenters. The number of alkyl halides is 3. The molecule has 7 nitrogen and oxygen atoms in total. The van der Waals surface area contributed by atoms with E-state index in [0.29, 0.717) is 0 Å². The third kappa shape index (κ3) is 3.79. The maximum absolute atomic E-state index is 12.8. The molecule has 0 bridgehead atoms. The van der Waals surface area contributed by atoms with Crippen molar-refractivity contribution in [3.05, 3.63) is 70.0 Å². The van der Waals surface area contributed by atoms with Crippen molar-refractivity contribution >= 4 is 5.69 Å². The van der Waals surface area contributed by atoms with E-state index in [9.17, 15) is 23.3 Å². The molecule has 10 heteroatoms. The van der Waals surface area contributed by atoms with Crippen LogP contribution in [0.3, 0.4) is 0 Å². The molecule has 0 aliphatic heterocycles. The van der Waals surface area contributed by atoms with Gasteiger partial charge in [0.05, 0.1) is 10.5 Å². The van der Waals surface area contributed by atoms with E-state index in [-0.39, 0.29) is 35.3 Å². The van der Waals surface area contributed by atoms with Crippen molar-refractivity contribution in [1.82, 2.24) is 15.2 Å². The second-order valence-electron chi connectivity index (χ2n) is 5.20. The molecular weight excluding hydrogens is 353 g/mol. The zero-order valence-electron chi connectivity index (χ0n) is 13.0. The second-order valence-corrected chi connectivity index (χ2v) is 5.20. The summed E-state index contributed by atoms with van der Waals surface area (Å²) in [6.45, 7) is -0.156. The minimum Gasteiger partial charge on any atom is -0.479 e. The average Bonchev–Trinajstić information content (AvgIpc) is 3.08. The molecule has 1 N–H and O–H groups in total. The number of ether oxygens (including phenoxy) is 1. The van der Waals surface area contributed by atoms with E-state index in [1.54, 1.807) is 6.07 Å². The van der Waals surface area contributed by atoms with Crippen LogP contribution in [0.2, 0.25) is 0 Å². The molecule has 26 heavy (non-hydrogen) atoms. The van der Waals surface area contributed by atoms with Gasteiger partial charge >= 0.3 is 11.9 Å². The Kier molecular flexibility index (Phi) is 4.57. The molecule has 0 saturated heterocycles. The van der Waals surface area contributed by atoms with E-state index in [1.807, 2.05) is 0 Å². The Morgan fingerprint density at radius 2 is 1.92 bits per heavy atom. The van der Waals surface area contributed by atoms with Gasteiger partial charge in [-0.05, 0) is 18.2 Å². The number of nitro groups is 1. The number of H-pyrrole nitrogens is 1. The molecule has 0 saturated carbocycles. The van der Waals surface area contributed by atoms with Gasteiger partial charge in [0.2, 0.25) is 0 Å². The van der Waals surface area contributed by atoms with Crippen LogP contribution in [0.15, 0.2) is 48.5 Å². The van der Waals surface area contributed by atoms with Gasteiger partial charge in [-0.2, -0.15) is 18.3 Å². The maximum atomic E-state index is 12.8. The van der Waals surface area contributed by atoms with Crippen LogP contribution >= 0.6 is 0 Å². The normalized spacial score (nSPS) is 11.3. The van der Waals surface area contributed by atoms with E-state index in [2.05, 4.69) is 15.2 Å². The van der Waals surface area contributed by atoms with Crippen molar-refractivity contribution in [3.8, 4) is 17.1 Å². The Morgan fingerprint density at radius 3 is 2.65 bits per heavy atom. The van der Waals surface area contributed by atoms with Gasteiger partial charge in [-0.25, -0.2) is 4.98 Å². The van der Waals surface area contributed by atoms with E-state index in [4.69, 9.17) is 4.74 Å². The average molecular weight is 364 g/mol. The summed E-state index contributed by atoms with van der Waals surface area (Å²) in [6.07, 6.45) is -4.47. The molecule has 0 aliphatic rings. The number of benzene rings is 2. The van der Waals surface area contributed by atoms with Crippen molar-refractivity contribution < 1.29 is 22.8 Å². The van der Waals surface area contributed by atoms with Gasteiger partial charge in [0.25, 0.3) is 0 Å². The highest BCUT2D eigenvalue weighted by atomic mass is 19.4. The second kappa shape index (κ2) is 6.82. The van der Waals surface area contributed by atoms with Gasteiger partial charge in [-0.1, -0.05) is 24.3 Å². The lowest BCUT2D eigenvalue weighted by Crippen LogP contribution is -2.04. The van der Waals surface area contributed by atoms with E-state index in [0.717, 1.165) is 12.1 Å². The number of rotatable bonds is 5. The number of aromatic nitrogens is 3. The summed E-state index contributed by atoms with van der Waals surface area (Å²) in [4.78, 5) is 14.4. The maximum Gasteiger partial charge on any atom is 0.416 e. The number of halogens is 3. The lowest BCUT2D eigenvalue weighted by Gasteiger charge is -2.06. The number of nitrogens with one attached hydrogen (secondary N) is 1. The summed E-state index contributed by atoms with van der Waals surface area (Å²) in [6, 6.07) is 10.4. The number of hydrogen-bond acceptors (Lipinski definition) is 5. The Morgan fingerprint density at radius 1 is 1.15 bits per heavy atom. The van der Waals surface area contributed by atoms with Crippen LogP contribution in [0.1, 0.15) is 11.4 Å². The molecule has 1 aromatic heterocycles. The van der Waals surface area contributed by atoms with Gasteiger partial charge < -0.3 is 4.74 Å². The molecule has 3 aromatic rings. The van der Waals surface area contributed by atoms with Crippen molar-refractivity contribution in [2.75, 3.05) is 0 Å². The first-order chi connectivity index (χ1) is 12.3. The van der Waals surface area contributed by atoms with Crippen molar-refractivity contribution in [2.45, 2.75) is 12.8 Å². The first kappa shape index (κ1) is 17.4. The summed E-state index contributed by atoms with van der Waals surface area (Å²) in [5.74, 6) is 0.336. The van der Waals surface area contributed by atoms with Crippen LogP contribution in [0.4, 0.5) is 18.9 Å². The van der Waals surface area contributed by atoms with Crippen molar-refractivity contribution in [1.29, 1.82) is 0 Å². The molecule has 0 fully saturated rings. The highest BCUT2D eigenvalue weighted by Gasteiger charge is 2.30. The highest BCUT2D eigenvalue weighted by Crippen LogP contribution is 2.31. The largest absolute Gasteiger partial charge is 0.479 e. The van der Waals surface area contributed by atoms with Gasteiger partial charge in [-0.3, -0.25) is 15.2 Å². The molecule has 2 aromatic carbocycles. The predicted molar refractivity (Wildman–Crippen MR) is 84.2 cm³/mol. The number of nitrogens with zero attached hydrogens (tertiary/aromatic N) is 3. The Balaban J connectivity index is 1.76. The van der Waals surface area contributed by atoms with E-state index in [1.165, 1.54) is 30.3 Å². The lowest BCUT2D eigenvalue weighted by atomic mass is 10.1. The third-order valence-corrected chi connectivity index (χ3v) is 3.41. The van der Waals surface area contributed by atoms with Crippen LogP contribution in [0.5, 0.6) is 5.75 Å². The zero-order chi connectivity index (χ0) is 18.7. The summed E-state index contributed by atoms with van der Waals surface area (Å²) in [5.41, 5.74) is -0.823. The van der Waals surface area contributed by atoms with Crippen LogP contribution in [0.25, 0.3) is 11.4 Å². The predicted octanol–water partition coefficient (Wildman–Crippen LogP) is 3.98. The topological polar surface area (TPSA) is 93.9 Å². The van der Waals surface area contributed by atoms with Crippen LogP contribution in [-0.2, 0) is 12.8 Å². The fourth-order valence-electron chi connectivity index (χ4n) is 2.20. The zero-order valence-corrected chi connectivity index (χ0v) is 13.0. The highest BCUT2D eigenvalue weighted by molar-refractivity contribution is 5.56. The summed E-state index contributed by atoms with van der Waals surface area (Å²) in [7, 11) is 0. The first-order valence-corrected chi connectivity index (χ1v) is 7.30. The van der Waals surface area contributed by atoms with Gasteiger partial charge in [0.1, 0.15) is 6.61 Å². The van der Waals surface area contributed by atoms with Gasteiger partial charge in [0, 0.05) is 11.6 Å². The van der Waals surface area contributed by atoms with Crippen molar-refractivity contribution in [3.63, 3.8) is 0 Å². The molecule has 0 spiro atoms. The van der Waals surface area contributed by atoms with Crippen LogP contribution < -0.4 is 4.74 Å². The third-order valence-electron chi connectivity index (χ3n) is 3.41. The Hall–Kier alpha value is -3.43. The molecule has 0 aliphatic carbocycles. The van der Waals surface area contributed by atoms with Crippen LogP contribution in [-0.4, -0.2) is 20.1 Å². The molecular formula is C16H11F3N4O3. The number of nitro benzene ring substituents is 1. The molecule has 0 unspecified atom stereocenters. The lowest BCUT2D eigenvalue weighted by molar-refractivity contribution is -0.385. The molecule has 0 amide bonds. The van der Waals surface area contributed by atoms with E-state index >= 15 is 0 Å². The van der Waals surface area contributed by atoms with Gasteiger partial charge in [-0.15, -0.1) is 0 Å². The first-order valence-electron chi connectivity index (χ1n) is 7.30. The van der Waals surface area contributed by atoms with E-state index < -0.39 is 16.7 Å². The molecule has 0 radical (unpaired) electrons. The minimum atomic E-state index is -4.47. The summed E-state index contributed by atoms with van der Waals surface area (Å²) < 4.78 is 43.7. The monoisotopic (exact) mass is 364 g/mol. The summed E-state index contributed by atoms with van der Waals surface area (Å²) >= 11 is 0. The number of para-hydroxylation sites is 2. The number of hydrogen-bond donors (Lipinski definition) is 1. The fraction of sp³-hybridized carbons (Fsp3) is 0.125. The molecule has 1 heterocycles. The molecule has 134 valence electrons. The standard InChI is InChI=1S/C16H11F3N4O3/c17-16(18,19)11-5-3-4-10(8-11)15-20-14(21-22-15)9-26-13-7-2-1-6-12(13)23(24)25/h1-8H,9H2,(H,20,21,22). The Bertz CT molecular complexity index is 940. The minimum absolute atomic E-state index is 0.0505. The van der Waals surface area contributed by atoms with Crippen LogP contribution in [0, 0.1) is 10.1 Å². The smallest absolute Gasteiger partial charge is 0.416 e. The van der Waals surface area contributed by atoms with Crippen molar-refractivity contribution in [2.24, 2.45) is 0 Å². The van der Waals surface area contributed by atoms with Gasteiger partial charge in [0.15, 0.2) is 17.4 Å². The SMILES string of the molecule is O=[N+]([O-])c1ccccc1OCc1nc(-c2cccc(C(F)(F)F)c2)n[nH]1. The molecule has 3 rings (SSSR count). The number of aromatic amines is 1. The summed E-state index contributed by atoms with van der Waals surface area (Å²) in [5, 5.41) is 17.3. The fourth-order valence-corrected chi connectivity index (χ4v) is 2.20. The Labute approximate surface area is 144 Å². The quantitative estimate of drug-likeness (QED) is 0.546.